The number of carbonyl (C=O) groups is 1. The smallest absolute Gasteiger partial charge is 0.325 e. The number of benzene rings is 2. The van der Waals surface area contributed by atoms with E-state index in [-0.39, 0.29) is 29.2 Å². The molecular weight excluding hydrogens is 516 g/mol. The fourth-order valence-electron chi connectivity index (χ4n) is 3.50. The average Bonchev–Trinajstić information content (AvgIpc) is 3.37. The van der Waals surface area contributed by atoms with E-state index < -0.39 is 16.9 Å². The number of nitro benzene ring substituents is 1. The van der Waals surface area contributed by atoms with E-state index in [2.05, 4.69) is 40.9 Å². The Labute approximate surface area is 229 Å². The van der Waals surface area contributed by atoms with Crippen LogP contribution in [0, 0.1) is 17.0 Å². The Morgan fingerprint density at radius 3 is 2.38 bits per heavy atom. The maximum absolute atomic E-state index is 11.6. The van der Waals surface area contributed by atoms with Crippen LogP contribution in [0.15, 0.2) is 64.8 Å². The first-order chi connectivity index (χ1) is 19.2. The van der Waals surface area contributed by atoms with Crippen LogP contribution in [0.1, 0.15) is 32.9 Å². The molecule has 4 aromatic rings. The topological polar surface area (TPSA) is 186 Å². The molecule has 206 valence electrons. The minimum atomic E-state index is -1.07. The average molecular weight is 545 g/mol. The van der Waals surface area contributed by atoms with Crippen LogP contribution >= 0.6 is 0 Å². The van der Waals surface area contributed by atoms with Crippen LogP contribution < -0.4 is 10.6 Å². The van der Waals surface area contributed by atoms with Gasteiger partial charge in [0.15, 0.2) is 11.6 Å². The number of nitro groups is 1. The van der Waals surface area contributed by atoms with E-state index in [0.29, 0.717) is 23.2 Å². The molecule has 14 nitrogen and oxygen atoms in total. The molecule has 0 saturated carbocycles. The first-order valence-electron chi connectivity index (χ1n) is 12.5. The summed E-state index contributed by atoms with van der Waals surface area (Å²) in [7, 11) is 0. The van der Waals surface area contributed by atoms with Crippen LogP contribution in [-0.2, 0) is 4.79 Å². The number of nitrogens with zero attached hydrogens (tertiary/aromatic N) is 8. The van der Waals surface area contributed by atoms with Crippen molar-refractivity contribution in [1.29, 1.82) is 0 Å². The molecule has 0 radical (unpaired) electrons. The van der Waals surface area contributed by atoms with E-state index in [1.54, 1.807) is 6.92 Å². The number of non-ortho nitro benzene ring substituents is 1. The minimum Gasteiger partial charge on any atom is -0.480 e. The van der Waals surface area contributed by atoms with E-state index in [0.717, 1.165) is 12.0 Å². The van der Waals surface area contributed by atoms with E-state index in [9.17, 15) is 20.0 Å². The molecule has 0 aliphatic rings. The van der Waals surface area contributed by atoms with Gasteiger partial charge in [0.2, 0.25) is 5.95 Å². The molecule has 0 spiro atoms. The zero-order chi connectivity index (χ0) is 28.8. The normalized spacial score (nSPS) is 12.7. The van der Waals surface area contributed by atoms with Crippen LogP contribution in [0.3, 0.4) is 0 Å². The summed E-state index contributed by atoms with van der Waals surface area (Å²) in [5, 5.41) is 39.9. The van der Waals surface area contributed by atoms with E-state index in [4.69, 9.17) is 0 Å². The monoisotopic (exact) mass is 544 g/mol. The van der Waals surface area contributed by atoms with Crippen molar-refractivity contribution in [3.8, 4) is 17.1 Å². The molecule has 3 N–H and O–H groups in total. The Balaban J connectivity index is 1.79. The highest BCUT2D eigenvalue weighted by Crippen LogP contribution is 2.31. The summed E-state index contributed by atoms with van der Waals surface area (Å²) in [6.07, 6.45) is 0.834. The molecular formula is C26H28N10O4. The van der Waals surface area contributed by atoms with Gasteiger partial charge >= 0.3 is 5.97 Å². The Morgan fingerprint density at radius 2 is 1.75 bits per heavy atom. The maximum Gasteiger partial charge on any atom is 0.325 e. The summed E-state index contributed by atoms with van der Waals surface area (Å²) < 4.78 is 1.41. The van der Waals surface area contributed by atoms with E-state index in [1.807, 2.05) is 44.2 Å². The molecule has 2 unspecified atom stereocenters. The largest absolute Gasteiger partial charge is 0.480 e. The van der Waals surface area contributed by atoms with E-state index >= 15 is 0 Å². The molecule has 2 aromatic carbocycles. The summed E-state index contributed by atoms with van der Waals surface area (Å²) >= 11 is 0. The quantitative estimate of drug-likeness (QED) is 0.124. The van der Waals surface area contributed by atoms with Gasteiger partial charge in [-0.15, -0.1) is 15.3 Å². The molecule has 0 saturated heterocycles. The number of aromatic nitrogens is 5. The number of anilines is 2. The Morgan fingerprint density at radius 1 is 1.05 bits per heavy atom. The molecule has 0 fully saturated rings. The van der Waals surface area contributed by atoms with Gasteiger partial charge in [-0.05, 0) is 39.3 Å². The van der Waals surface area contributed by atoms with Gasteiger partial charge in [0.25, 0.3) is 11.6 Å². The second-order valence-electron chi connectivity index (χ2n) is 8.97. The summed E-state index contributed by atoms with van der Waals surface area (Å²) in [4.78, 5) is 35.7. The lowest BCUT2D eigenvalue weighted by molar-refractivity contribution is -0.384. The van der Waals surface area contributed by atoms with Gasteiger partial charge in [0, 0.05) is 23.7 Å². The van der Waals surface area contributed by atoms with Crippen molar-refractivity contribution in [3.05, 3.63) is 70.4 Å². The van der Waals surface area contributed by atoms with Gasteiger partial charge in [-0.2, -0.15) is 14.6 Å². The third-order valence-electron chi connectivity index (χ3n) is 5.94. The molecule has 0 aliphatic heterocycles. The molecule has 2 atom stereocenters. The molecule has 2 heterocycles. The first-order valence-corrected chi connectivity index (χ1v) is 12.5. The number of hydrogen-bond donors (Lipinski definition) is 3. The molecule has 14 heteroatoms. The second kappa shape index (κ2) is 12.1. The Bertz CT molecular complexity index is 1540. The van der Waals surface area contributed by atoms with Crippen LogP contribution in [0.2, 0.25) is 0 Å². The van der Waals surface area contributed by atoms with Crippen molar-refractivity contribution in [1.82, 2.24) is 24.7 Å². The lowest BCUT2D eigenvalue weighted by atomic mass is 10.2. The second-order valence-corrected chi connectivity index (χ2v) is 8.97. The Kier molecular flexibility index (Phi) is 8.37. The van der Waals surface area contributed by atoms with Gasteiger partial charge in [-0.1, -0.05) is 37.3 Å². The van der Waals surface area contributed by atoms with Crippen molar-refractivity contribution in [2.75, 3.05) is 10.6 Å². The Hall–Kier alpha value is -5.27. The SMILES string of the molecule is CCC(C)Nc1nc(C)c(N=Nc2nc(-c3ccccc3)nn2-c2ccc([N+](=O)[O-])cc2)c(NC(C)C(=O)O)n1. The number of rotatable bonds is 11. The summed E-state index contributed by atoms with van der Waals surface area (Å²) in [5.74, 6) is -0.105. The fraction of sp³-hybridized carbons (Fsp3) is 0.269. The molecule has 4 rings (SSSR count). The zero-order valence-electron chi connectivity index (χ0n) is 22.3. The minimum absolute atomic E-state index is 0.0718. The molecule has 0 amide bonds. The van der Waals surface area contributed by atoms with Gasteiger partial charge in [-0.3, -0.25) is 14.9 Å². The van der Waals surface area contributed by atoms with Crippen LogP contribution in [-0.4, -0.2) is 52.8 Å². The van der Waals surface area contributed by atoms with Gasteiger partial charge in [0.1, 0.15) is 11.7 Å². The van der Waals surface area contributed by atoms with Crippen LogP contribution in [0.5, 0.6) is 0 Å². The van der Waals surface area contributed by atoms with Crippen LogP contribution in [0.25, 0.3) is 17.1 Å². The summed E-state index contributed by atoms with van der Waals surface area (Å²) in [6, 6.07) is 14.2. The third-order valence-corrected chi connectivity index (χ3v) is 5.94. The molecule has 2 aromatic heterocycles. The number of aliphatic carboxylic acids is 1. The van der Waals surface area contributed by atoms with Gasteiger partial charge in [0.05, 0.1) is 16.3 Å². The highest BCUT2D eigenvalue weighted by atomic mass is 16.6. The van der Waals surface area contributed by atoms with Crippen molar-refractivity contribution < 1.29 is 14.8 Å². The number of azo groups is 1. The number of aryl methyl sites for hydroxylation is 1. The lowest BCUT2D eigenvalue weighted by Gasteiger charge is -2.16. The fourth-order valence-corrected chi connectivity index (χ4v) is 3.50. The summed E-state index contributed by atoms with van der Waals surface area (Å²) in [6.45, 7) is 7.20. The predicted molar refractivity (Wildman–Crippen MR) is 148 cm³/mol. The molecule has 0 aliphatic carbocycles. The number of carboxylic acids is 1. The third kappa shape index (κ3) is 6.40. The molecule has 0 bridgehead atoms. The van der Waals surface area contributed by atoms with Crippen molar-refractivity contribution in [2.24, 2.45) is 10.2 Å². The summed E-state index contributed by atoms with van der Waals surface area (Å²) in [5.41, 5.74) is 1.82. The number of nitrogens with one attached hydrogen (secondary N) is 2. The van der Waals surface area contributed by atoms with Gasteiger partial charge in [-0.25, -0.2) is 4.98 Å². The highest BCUT2D eigenvalue weighted by molar-refractivity contribution is 5.78. The predicted octanol–water partition coefficient (Wildman–Crippen LogP) is 5.45. The number of hydrogen-bond acceptors (Lipinski definition) is 11. The zero-order valence-corrected chi connectivity index (χ0v) is 22.3. The van der Waals surface area contributed by atoms with Crippen LogP contribution in [0.4, 0.5) is 29.1 Å². The first kappa shape index (κ1) is 27.8. The van der Waals surface area contributed by atoms with Crippen molar-refractivity contribution in [3.63, 3.8) is 0 Å². The standard InChI is InChI=1S/C26H28N10O4/c1-5-15(2)27-25-29-16(3)21(23(30-25)28-17(4)24(37)38)32-33-26-31-22(18-9-7-6-8-10-18)34-35(26)19-11-13-20(14-12-19)36(39)40/h6-15,17H,5H2,1-4H3,(H,37,38)(H2,27,28,29,30). The molecule has 40 heavy (non-hydrogen) atoms. The van der Waals surface area contributed by atoms with Crippen molar-refractivity contribution in [2.45, 2.75) is 46.2 Å². The lowest BCUT2D eigenvalue weighted by Crippen LogP contribution is -2.26. The highest BCUT2D eigenvalue weighted by Gasteiger charge is 2.19. The van der Waals surface area contributed by atoms with Crippen molar-refractivity contribution >= 4 is 35.1 Å². The van der Waals surface area contributed by atoms with Gasteiger partial charge < -0.3 is 15.7 Å². The van der Waals surface area contributed by atoms with E-state index in [1.165, 1.54) is 35.9 Å². The number of carboxylic acid groups (broad SMARTS) is 1. The maximum atomic E-state index is 11.6.